The second-order valence-corrected chi connectivity index (χ2v) is 7.37. The van der Waals surface area contributed by atoms with E-state index >= 15 is 0 Å². The predicted octanol–water partition coefficient (Wildman–Crippen LogP) is 2.70. The van der Waals surface area contributed by atoms with Crippen LogP contribution in [0.15, 0.2) is 53.6 Å². The molecule has 0 bridgehead atoms. The minimum Gasteiger partial charge on any atom is -0.452 e. The number of carbonyl (C=O) groups excluding carboxylic acids is 2. The van der Waals surface area contributed by atoms with Crippen molar-refractivity contribution in [3.63, 3.8) is 0 Å². The van der Waals surface area contributed by atoms with Crippen molar-refractivity contribution < 1.29 is 14.3 Å². The first-order valence-electron chi connectivity index (χ1n) is 9.01. The summed E-state index contributed by atoms with van der Waals surface area (Å²) in [6, 6.07) is 13.1. The van der Waals surface area contributed by atoms with Gasteiger partial charge in [-0.2, -0.15) is 0 Å². The highest BCUT2D eigenvalue weighted by molar-refractivity contribution is 7.99. The Morgan fingerprint density at radius 3 is 2.52 bits per heavy atom. The zero-order chi connectivity index (χ0) is 19.1. The minimum atomic E-state index is -0.452. The van der Waals surface area contributed by atoms with Crippen molar-refractivity contribution in [2.75, 3.05) is 43.4 Å². The number of aromatic nitrogens is 1. The van der Waals surface area contributed by atoms with Crippen molar-refractivity contribution in [2.45, 2.75) is 11.8 Å². The standard InChI is InChI=1S/C20H23N3O3S/c1-2-27-17-8-4-3-7-16(17)20(25)26-15-19(24)23-13-11-22(12-14-23)18-9-5-6-10-21-18/h3-10H,2,11-15H2,1H3. The van der Waals surface area contributed by atoms with Gasteiger partial charge in [0.1, 0.15) is 5.82 Å². The number of benzene rings is 1. The number of thioether (sulfide) groups is 1. The molecule has 0 spiro atoms. The fourth-order valence-corrected chi connectivity index (χ4v) is 3.73. The summed E-state index contributed by atoms with van der Waals surface area (Å²) in [4.78, 5) is 33.8. The van der Waals surface area contributed by atoms with Crippen LogP contribution in [0.4, 0.5) is 5.82 Å². The molecule has 142 valence electrons. The Balaban J connectivity index is 1.50. The molecule has 0 atom stereocenters. The fourth-order valence-electron chi connectivity index (χ4n) is 2.94. The van der Waals surface area contributed by atoms with Gasteiger partial charge in [0.25, 0.3) is 5.91 Å². The average molecular weight is 385 g/mol. The summed E-state index contributed by atoms with van der Waals surface area (Å²) in [7, 11) is 0. The van der Waals surface area contributed by atoms with Crippen LogP contribution < -0.4 is 4.90 Å². The normalized spacial score (nSPS) is 14.1. The largest absolute Gasteiger partial charge is 0.452 e. The second-order valence-electron chi connectivity index (χ2n) is 6.06. The highest BCUT2D eigenvalue weighted by atomic mass is 32.2. The Labute approximate surface area is 163 Å². The van der Waals surface area contributed by atoms with Crippen LogP contribution in [0.5, 0.6) is 0 Å². The third-order valence-electron chi connectivity index (χ3n) is 4.34. The first-order chi connectivity index (χ1) is 13.2. The lowest BCUT2D eigenvalue weighted by molar-refractivity contribution is -0.134. The number of hydrogen-bond donors (Lipinski definition) is 0. The molecule has 0 N–H and O–H groups in total. The summed E-state index contributed by atoms with van der Waals surface area (Å²) in [5, 5.41) is 0. The third-order valence-corrected chi connectivity index (χ3v) is 5.29. The molecule has 7 heteroatoms. The second kappa shape index (κ2) is 9.41. The molecule has 1 aliphatic rings. The van der Waals surface area contributed by atoms with Gasteiger partial charge in [-0.1, -0.05) is 25.1 Å². The number of carbonyl (C=O) groups is 2. The fraction of sp³-hybridized carbons (Fsp3) is 0.350. The lowest BCUT2D eigenvalue weighted by atomic mass is 10.2. The molecular weight excluding hydrogens is 362 g/mol. The van der Waals surface area contributed by atoms with E-state index in [1.165, 1.54) is 0 Å². The molecule has 0 aliphatic carbocycles. The van der Waals surface area contributed by atoms with Crippen molar-refractivity contribution in [3.05, 3.63) is 54.2 Å². The molecule has 0 radical (unpaired) electrons. The van der Waals surface area contributed by atoms with Crippen LogP contribution in [0, 0.1) is 0 Å². The van der Waals surface area contributed by atoms with Gasteiger partial charge in [0.15, 0.2) is 6.61 Å². The molecule has 1 amide bonds. The van der Waals surface area contributed by atoms with Crippen LogP contribution in [-0.2, 0) is 9.53 Å². The number of rotatable bonds is 6. The highest BCUT2D eigenvalue weighted by Crippen LogP contribution is 2.23. The molecule has 1 aromatic carbocycles. The molecule has 27 heavy (non-hydrogen) atoms. The van der Waals surface area contributed by atoms with Gasteiger partial charge in [-0.15, -0.1) is 11.8 Å². The molecule has 1 aromatic heterocycles. The summed E-state index contributed by atoms with van der Waals surface area (Å²) >= 11 is 1.58. The maximum Gasteiger partial charge on any atom is 0.339 e. The Morgan fingerprint density at radius 1 is 1.07 bits per heavy atom. The maximum atomic E-state index is 12.4. The van der Waals surface area contributed by atoms with Gasteiger partial charge in [-0.05, 0) is 30.0 Å². The lowest BCUT2D eigenvalue weighted by Gasteiger charge is -2.35. The summed E-state index contributed by atoms with van der Waals surface area (Å²) in [6.07, 6.45) is 1.76. The van der Waals surface area contributed by atoms with Crippen molar-refractivity contribution in [1.29, 1.82) is 0 Å². The van der Waals surface area contributed by atoms with E-state index in [1.807, 2.05) is 37.3 Å². The molecule has 1 fully saturated rings. The van der Waals surface area contributed by atoms with Crippen LogP contribution in [-0.4, -0.2) is 60.3 Å². The Hall–Kier alpha value is -2.54. The molecule has 3 rings (SSSR count). The van der Waals surface area contributed by atoms with Gasteiger partial charge in [-0.25, -0.2) is 9.78 Å². The molecule has 1 saturated heterocycles. The Morgan fingerprint density at radius 2 is 1.81 bits per heavy atom. The molecule has 2 aromatic rings. The van der Waals surface area contributed by atoms with Crippen molar-refractivity contribution in [3.8, 4) is 0 Å². The number of hydrogen-bond acceptors (Lipinski definition) is 6. The number of esters is 1. The highest BCUT2D eigenvalue weighted by Gasteiger charge is 2.23. The SMILES string of the molecule is CCSc1ccccc1C(=O)OCC(=O)N1CCN(c2ccccn2)CC1. The summed E-state index contributed by atoms with van der Waals surface area (Å²) in [5.74, 6) is 1.17. The van der Waals surface area contributed by atoms with Crippen LogP contribution >= 0.6 is 11.8 Å². The third kappa shape index (κ3) is 5.01. The van der Waals surface area contributed by atoms with Gasteiger partial charge < -0.3 is 14.5 Å². The number of ether oxygens (including phenoxy) is 1. The first kappa shape index (κ1) is 19.2. The Bertz CT molecular complexity index is 777. The molecular formula is C20H23N3O3S. The van der Waals surface area contributed by atoms with Crippen LogP contribution in [0.1, 0.15) is 17.3 Å². The smallest absolute Gasteiger partial charge is 0.339 e. The number of piperazine rings is 1. The predicted molar refractivity (Wildman–Crippen MR) is 106 cm³/mol. The first-order valence-corrected chi connectivity index (χ1v) is 10.0. The molecule has 6 nitrogen and oxygen atoms in total. The molecule has 1 aliphatic heterocycles. The van der Waals surface area contributed by atoms with E-state index < -0.39 is 5.97 Å². The van der Waals surface area contributed by atoms with Crippen LogP contribution in [0.3, 0.4) is 0 Å². The minimum absolute atomic E-state index is 0.162. The zero-order valence-corrected chi connectivity index (χ0v) is 16.2. The van der Waals surface area contributed by atoms with Gasteiger partial charge in [0.05, 0.1) is 5.56 Å². The van der Waals surface area contributed by atoms with Crippen LogP contribution in [0.2, 0.25) is 0 Å². The lowest BCUT2D eigenvalue weighted by Crippen LogP contribution is -2.50. The number of amides is 1. The number of nitrogens with zero attached hydrogens (tertiary/aromatic N) is 3. The zero-order valence-electron chi connectivity index (χ0n) is 15.3. The van der Waals surface area contributed by atoms with Crippen molar-refractivity contribution >= 4 is 29.5 Å². The van der Waals surface area contributed by atoms with E-state index in [2.05, 4.69) is 9.88 Å². The van der Waals surface area contributed by atoms with E-state index in [1.54, 1.807) is 35.0 Å². The molecule has 2 heterocycles. The van der Waals surface area contributed by atoms with E-state index in [-0.39, 0.29) is 12.5 Å². The topological polar surface area (TPSA) is 62.7 Å². The number of anilines is 1. The van der Waals surface area contributed by atoms with E-state index in [0.29, 0.717) is 31.7 Å². The van der Waals surface area contributed by atoms with Gasteiger partial charge in [-0.3, -0.25) is 4.79 Å². The molecule has 0 unspecified atom stereocenters. The summed E-state index contributed by atoms with van der Waals surface area (Å²) < 4.78 is 5.27. The summed E-state index contributed by atoms with van der Waals surface area (Å²) in [6.45, 7) is 4.41. The van der Waals surface area contributed by atoms with Gasteiger partial charge in [0, 0.05) is 37.3 Å². The number of pyridine rings is 1. The van der Waals surface area contributed by atoms with Gasteiger partial charge >= 0.3 is 5.97 Å². The van der Waals surface area contributed by atoms with Crippen LogP contribution in [0.25, 0.3) is 0 Å². The van der Waals surface area contributed by atoms with E-state index in [9.17, 15) is 9.59 Å². The quantitative estimate of drug-likeness (QED) is 0.563. The Kier molecular flexibility index (Phi) is 6.70. The van der Waals surface area contributed by atoms with Gasteiger partial charge in [0.2, 0.25) is 0 Å². The monoisotopic (exact) mass is 385 g/mol. The van der Waals surface area contributed by atoms with E-state index in [4.69, 9.17) is 4.74 Å². The van der Waals surface area contributed by atoms with E-state index in [0.717, 1.165) is 16.5 Å². The average Bonchev–Trinajstić information content (AvgIpc) is 2.73. The summed E-state index contributed by atoms with van der Waals surface area (Å²) in [5.41, 5.74) is 0.511. The van der Waals surface area contributed by atoms with Crippen molar-refractivity contribution in [1.82, 2.24) is 9.88 Å². The van der Waals surface area contributed by atoms with Crippen molar-refractivity contribution in [2.24, 2.45) is 0 Å². The maximum absolute atomic E-state index is 12.4. The molecule has 0 saturated carbocycles.